The van der Waals surface area contributed by atoms with Crippen molar-refractivity contribution in [2.45, 2.75) is 27.7 Å². The molecule has 0 radical (unpaired) electrons. The predicted octanol–water partition coefficient (Wildman–Crippen LogP) is 6.76. The number of rotatable bonds is 3. The maximum Gasteiger partial charge on any atom is 0.141 e. The third-order valence-corrected chi connectivity index (χ3v) is 6.46. The van der Waals surface area contributed by atoms with Crippen LogP contribution in [0.5, 0.6) is 5.75 Å². The van der Waals surface area contributed by atoms with Gasteiger partial charge in [-0.2, -0.15) is 0 Å². The van der Waals surface area contributed by atoms with Crippen LogP contribution < -0.4 is 4.74 Å². The second kappa shape index (κ2) is 6.97. The minimum absolute atomic E-state index is 0.772. The van der Waals surface area contributed by atoms with Gasteiger partial charge in [-0.1, -0.05) is 23.4 Å². The Bertz CT molecular complexity index is 1680. The number of methoxy groups -OCH3 is 1. The van der Waals surface area contributed by atoms with Gasteiger partial charge >= 0.3 is 0 Å². The highest BCUT2D eigenvalue weighted by molar-refractivity contribution is 6.17. The average Bonchev–Trinajstić information content (AvgIpc) is 3.43. The molecule has 0 saturated carbocycles. The molecule has 0 amide bonds. The molecule has 0 atom stereocenters. The Morgan fingerprint density at radius 1 is 0.848 bits per heavy atom. The van der Waals surface area contributed by atoms with Gasteiger partial charge < -0.3 is 19.2 Å². The Balaban J connectivity index is 1.72. The van der Waals surface area contributed by atoms with Crippen molar-refractivity contribution in [1.82, 2.24) is 20.1 Å². The van der Waals surface area contributed by atoms with E-state index in [2.05, 4.69) is 58.4 Å². The van der Waals surface area contributed by atoms with Gasteiger partial charge in [0, 0.05) is 49.7 Å². The summed E-state index contributed by atoms with van der Waals surface area (Å²) in [5.74, 6) is 1.55. The van der Waals surface area contributed by atoms with E-state index in [9.17, 15) is 0 Å². The van der Waals surface area contributed by atoms with Crippen molar-refractivity contribution in [1.29, 1.82) is 0 Å². The van der Waals surface area contributed by atoms with Gasteiger partial charge in [-0.05, 0) is 52.0 Å². The highest BCUT2D eigenvalue weighted by Crippen LogP contribution is 2.43. The lowest BCUT2D eigenvalue weighted by Gasteiger charge is -2.10. The molecular weight excluding hydrogens is 412 g/mol. The van der Waals surface area contributed by atoms with Gasteiger partial charge in [-0.3, -0.25) is 4.98 Å². The van der Waals surface area contributed by atoms with Crippen LogP contribution in [0.25, 0.3) is 55.1 Å². The zero-order chi connectivity index (χ0) is 22.9. The van der Waals surface area contributed by atoms with Gasteiger partial charge in [0.25, 0.3) is 0 Å². The molecule has 6 aromatic rings. The molecule has 0 bridgehead atoms. The molecule has 6 nitrogen and oxygen atoms in total. The van der Waals surface area contributed by atoms with Crippen LogP contribution in [0, 0.1) is 27.7 Å². The molecule has 4 heterocycles. The van der Waals surface area contributed by atoms with E-state index in [-0.39, 0.29) is 0 Å². The Labute approximate surface area is 190 Å². The second-order valence-corrected chi connectivity index (χ2v) is 8.63. The molecule has 6 rings (SSSR count). The summed E-state index contributed by atoms with van der Waals surface area (Å²) in [7, 11) is 1.70. The summed E-state index contributed by atoms with van der Waals surface area (Å²) in [6.45, 7) is 8.02. The minimum Gasteiger partial charge on any atom is -0.496 e. The maximum atomic E-state index is 5.84. The summed E-state index contributed by atoms with van der Waals surface area (Å²) in [6.07, 6.45) is 0. The molecule has 0 fully saturated rings. The van der Waals surface area contributed by atoms with Crippen molar-refractivity contribution < 1.29 is 9.26 Å². The normalized spacial score (nSPS) is 11.8. The molecule has 0 spiro atoms. The zero-order valence-corrected chi connectivity index (χ0v) is 19.3. The SMILES string of the molecule is COc1cc2c(cc1-c1c(C)noc1C)[nH]c1cc(C)nc(-c3c(C)[nH]c4ccccc34)c12. The van der Waals surface area contributed by atoms with Gasteiger partial charge in [-0.15, -0.1) is 0 Å². The molecule has 0 unspecified atom stereocenters. The highest BCUT2D eigenvalue weighted by Gasteiger charge is 2.22. The monoisotopic (exact) mass is 436 g/mol. The number of benzene rings is 2. The molecular formula is C27H24N4O2. The first-order chi connectivity index (χ1) is 16.0. The number of hydrogen-bond donors (Lipinski definition) is 2. The Hall–Kier alpha value is -4.06. The summed E-state index contributed by atoms with van der Waals surface area (Å²) < 4.78 is 11.3. The van der Waals surface area contributed by atoms with Crippen LogP contribution in [0.1, 0.15) is 22.8 Å². The molecule has 6 heteroatoms. The van der Waals surface area contributed by atoms with Gasteiger partial charge in [0.2, 0.25) is 0 Å². The number of nitrogens with one attached hydrogen (secondary N) is 2. The smallest absolute Gasteiger partial charge is 0.141 e. The van der Waals surface area contributed by atoms with Crippen molar-refractivity contribution in [3.05, 3.63) is 65.3 Å². The lowest BCUT2D eigenvalue weighted by atomic mass is 9.98. The maximum absolute atomic E-state index is 5.84. The van der Waals surface area contributed by atoms with E-state index in [0.717, 1.165) is 78.3 Å². The zero-order valence-electron chi connectivity index (χ0n) is 19.3. The fraction of sp³-hybridized carbons (Fsp3) is 0.185. The predicted molar refractivity (Wildman–Crippen MR) is 132 cm³/mol. The largest absolute Gasteiger partial charge is 0.496 e. The second-order valence-electron chi connectivity index (χ2n) is 8.63. The number of aromatic nitrogens is 4. The van der Waals surface area contributed by atoms with E-state index in [4.69, 9.17) is 14.2 Å². The molecule has 0 aliphatic carbocycles. The molecule has 164 valence electrons. The van der Waals surface area contributed by atoms with Crippen LogP contribution in [0.2, 0.25) is 0 Å². The number of ether oxygens (including phenoxy) is 1. The first kappa shape index (κ1) is 19.6. The van der Waals surface area contributed by atoms with Crippen LogP contribution in [0.15, 0.2) is 47.0 Å². The fourth-order valence-electron chi connectivity index (χ4n) is 5.07. The Kier molecular flexibility index (Phi) is 4.14. The first-order valence-electron chi connectivity index (χ1n) is 11.0. The van der Waals surface area contributed by atoms with Gasteiger partial charge in [0.05, 0.1) is 29.6 Å². The van der Waals surface area contributed by atoms with Crippen LogP contribution >= 0.6 is 0 Å². The van der Waals surface area contributed by atoms with E-state index in [1.54, 1.807) is 7.11 Å². The van der Waals surface area contributed by atoms with Gasteiger partial charge in [0.15, 0.2) is 0 Å². The third-order valence-electron chi connectivity index (χ3n) is 6.46. The summed E-state index contributed by atoms with van der Waals surface area (Å²) in [6, 6.07) is 14.7. The Morgan fingerprint density at radius 2 is 1.67 bits per heavy atom. The van der Waals surface area contributed by atoms with Crippen molar-refractivity contribution in [2.75, 3.05) is 7.11 Å². The highest BCUT2D eigenvalue weighted by atomic mass is 16.5. The minimum atomic E-state index is 0.772. The van der Waals surface area contributed by atoms with Crippen molar-refractivity contribution >= 4 is 32.7 Å². The Morgan fingerprint density at radius 3 is 2.42 bits per heavy atom. The molecule has 0 saturated heterocycles. The summed E-state index contributed by atoms with van der Waals surface area (Å²) in [4.78, 5) is 12.2. The lowest BCUT2D eigenvalue weighted by Crippen LogP contribution is -1.91. The van der Waals surface area contributed by atoms with Crippen LogP contribution in [0.3, 0.4) is 0 Å². The van der Waals surface area contributed by atoms with Crippen molar-refractivity contribution in [3.8, 4) is 28.1 Å². The van der Waals surface area contributed by atoms with Gasteiger partial charge in [-0.25, -0.2) is 0 Å². The number of aromatic amines is 2. The number of fused-ring (bicyclic) bond motifs is 4. The van der Waals surface area contributed by atoms with E-state index in [1.165, 1.54) is 5.39 Å². The van der Waals surface area contributed by atoms with Gasteiger partial charge in [0.1, 0.15) is 11.5 Å². The van der Waals surface area contributed by atoms with E-state index in [1.807, 2.05) is 26.8 Å². The average molecular weight is 437 g/mol. The fourth-order valence-corrected chi connectivity index (χ4v) is 5.07. The first-order valence-corrected chi connectivity index (χ1v) is 11.0. The molecule has 0 aliphatic heterocycles. The number of aryl methyl sites for hydroxylation is 4. The quantitative estimate of drug-likeness (QED) is 0.321. The van der Waals surface area contributed by atoms with E-state index < -0.39 is 0 Å². The molecule has 2 N–H and O–H groups in total. The summed E-state index contributed by atoms with van der Waals surface area (Å²) in [5.41, 5.74) is 10.1. The number of nitrogens with zero attached hydrogens (tertiary/aromatic N) is 2. The van der Waals surface area contributed by atoms with Crippen molar-refractivity contribution in [3.63, 3.8) is 0 Å². The number of para-hydroxylation sites is 1. The summed E-state index contributed by atoms with van der Waals surface area (Å²) in [5, 5.41) is 7.47. The van der Waals surface area contributed by atoms with E-state index >= 15 is 0 Å². The van der Waals surface area contributed by atoms with E-state index in [0.29, 0.717) is 0 Å². The van der Waals surface area contributed by atoms with Crippen LogP contribution in [-0.4, -0.2) is 27.2 Å². The van der Waals surface area contributed by atoms with Crippen molar-refractivity contribution in [2.24, 2.45) is 0 Å². The van der Waals surface area contributed by atoms with Crippen LogP contribution in [0.4, 0.5) is 0 Å². The number of hydrogen-bond acceptors (Lipinski definition) is 4. The third kappa shape index (κ3) is 2.80. The molecule has 2 aromatic carbocycles. The topological polar surface area (TPSA) is 79.7 Å². The number of pyridine rings is 1. The number of H-pyrrole nitrogens is 2. The van der Waals surface area contributed by atoms with Crippen LogP contribution in [-0.2, 0) is 0 Å². The lowest BCUT2D eigenvalue weighted by molar-refractivity contribution is 0.393. The standard InChI is InChI=1S/C27H24N4O2/c1-13-10-22-26(27(28-13)25-14(2)29-20-9-7-6-8-17(20)25)18-12-23(32-5)19(11-21(18)30-22)24-15(3)31-33-16(24)4/h6-12,29-30H,1-5H3. The summed E-state index contributed by atoms with van der Waals surface area (Å²) >= 11 is 0. The molecule has 4 aromatic heterocycles. The molecule has 33 heavy (non-hydrogen) atoms. The molecule has 0 aliphatic rings.